The molecule has 9 heteroatoms. The van der Waals surface area contributed by atoms with Crippen LogP contribution in [0.15, 0.2) is 42.6 Å². The molecule has 0 radical (unpaired) electrons. The number of amides is 1. The molecule has 0 aliphatic carbocycles. The van der Waals surface area contributed by atoms with Gasteiger partial charge in [-0.3, -0.25) is 9.20 Å². The lowest BCUT2D eigenvalue weighted by Crippen LogP contribution is -2.34. The summed E-state index contributed by atoms with van der Waals surface area (Å²) in [5.41, 5.74) is 0.734. The van der Waals surface area contributed by atoms with Gasteiger partial charge in [0.15, 0.2) is 18.1 Å². The number of hydrogen-bond acceptors (Lipinski definition) is 5. The Balaban J connectivity index is 1.70. The molecule has 1 aromatic carbocycles. The highest BCUT2D eigenvalue weighted by Gasteiger charge is 2.20. The average Bonchev–Trinajstić information content (AvgIpc) is 3.10. The van der Waals surface area contributed by atoms with Crippen molar-refractivity contribution in [1.82, 2.24) is 19.9 Å². The van der Waals surface area contributed by atoms with E-state index in [0.29, 0.717) is 21.6 Å². The molecule has 1 N–H and O–H groups in total. The lowest BCUT2D eigenvalue weighted by Gasteiger charge is -2.17. The van der Waals surface area contributed by atoms with Gasteiger partial charge in [-0.05, 0) is 42.7 Å². The molecule has 0 bridgehead atoms. The van der Waals surface area contributed by atoms with Crippen LogP contribution in [0, 0.1) is 0 Å². The molecule has 3 rings (SSSR count). The number of carbonyl (C=O) groups is 1. The van der Waals surface area contributed by atoms with Crippen molar-refractivity contribution in [3.63, 3.8) is 0 Å². The zero-order valence-electron chi connectivity index (χ0n) is 14.6. The van der Waals surface area contributed by atoms with Gasteiger partial charge in [0.1, 0.15) is 5.75 Å². The molecule has 6 nitrogen and oxygen atoms in total. The van der Waals surface area contributed by atoms with Crippen molar-refractivity contribution < 1.29 is 9.53 Å². The van der Waals surface area contributed by atoms with Crippen LogP contribution in [-0.4, -0.2) is 39.1 Å². The Morgan fingerprint density at radius 3 is 2.96 bits per heavy atom. The minimum absolute atomic E-state index is 0.174. The van der Waals surface area contributed by atoms with Crippen molar-refractivity contribution in [3.05, 3.63) is 58.5 Å². The summed E-state index contributed by atoms with van der Waals surface area (Å²) in [7, 11) is 0. The Bertz CT molecular complexity index is 935. The number of fused-ring (bicyclic) bond motifs is 1. The number of aromatic nitrogens is 3. The minimum Gasteiger partial charge on any atom is -0.482 e. The highest BCUT2D eigenvalue weighted by molar-refractivity contribution is 7.98. The van der Waals surface area contributed by atoms with Crippen LogP contribution in [0.4, 0.5) is 0 Å². The normalized spacial score (nSPS) is 12.1. The van der Waals surface area contributed by atoms with Crippen LogP contribution in [0.25, 0.3) is 5.65 Å². The summed E-state index contributed by atoms with van der Waals surface area (Å²) in [6.07, 6.45) is 4.62. The summed E-state index contributed by atoms with van der Waals surface area (Å²) >= 11 is 13.7. The molecule has 0 saturated heterocycles. The molecule has 1 amide bonds. The molecule has 0 fully saturated rings. The summed E-state index contributed by atoms with van der Waals surface area (Å²) in [5.74, 6) is 1.65. The highest BCUT2D eigenvalue weighted by atomic mass is 35.5. The molecule has 0 spiro atoms. The number of halogens is 2. The Hall–Kier alpha value is -1.96. The second-order valence-electron chi connectivity index (χ2n) is 5.75. The van der Waals surface area contributed by atoms with E-state index in [-0.39, 0.29) is 18.6 Å². The van der Waals surface area contributed by atoms with Crippen LogP contribution in [0.3, 0.4) is 0 Å². The van der Waals surface area contributed by atoms with Gasteiger partial charge < -0.3 is 10.1 Å². The lowest BCUT2D eigenvalue weighted by atomic mass is 10.2. The molecule has 0 aliphatic heterocycles. The first-order valence-electron chi connectivity index (χ1n) is 8.24. The van der Waals surface area contributed by atoms with Crippen LogP contribution in [-0.2, 0) is 4.79 Å². The third-order valence-corrected chi connectivity index (χ3v) is 5.04. The maximum absolute atomic E-state index is 12.4. The van der Waals surface area contributed by atoms with Gasteiger partial charge in [-0.1, -0.05) is 29.3 Å². The Kier molecular flexibility index (Phi) is 6.82. The summed E-state index contributed by atoms with van der Waals surface area (Å²) in [6, 6.07) is 10.2. The maximum Gasteiger partial charge on any atom is 0.258 e. The summed E-state index contributed by atoms with van der Waals surface area (Å²) in [6.45, 7) is -0.174. The fourth-order valence-electron chi connectivity index (χ4n) is 2.57. The first-order valence-corrected chi connectivity index (χ1v) is 10.4. The van der Waals surface area contributed by atoms with Crippen molar-refractivity contribution in [2.75, 3.05) is 18.6 Å². The van der Waals surface area contributed by atoms with Gasteiger partial charge in [-0.15, -0.1) is 10.2 Å². The summed E-state index contributed by atoms with van der Waals surface area (Å²) in [4.78, 5) is 12.4. The van der Waals surface area contributed by atoms with Crippen molar-refractivity contribution in [3.8, 4) is 5.75 Å². The van der Waals surface area contributed by atoms with Crippen LogP contribution < -0.4 is 10.1 Å². The van der Waals surface area contributed by atoms with Crippen LogP contribution in [0.1, 0.15) is 18.3 Å². The largest absolute Gasteiger partial charge is 0.482 e. The van der Waals surface area contributed by atoms with E-state index >= 15 is 0 Å². The maximum atomic E-state index is 12.4. The zero-order chi connectivity index (χ0) is 19.2. The van der Waals surface area contributed by atoms with Crippen molar-refractivity contribution in [1.29, 1.82) is 0 Å². The second-order valence-corrected chi connectivity index (χ2v) is 7.58. The van der Waals surface area contributed by atoms with Crippen molar-refractivity contribution >= 4 is 46.5 Å². The second kappa shape index (κ2) is 9.30. The fraction of sp³-hybridized carbons (Fsp3) is 0.278. The molecule has 2 heterocycles. The molecule has 0 aliphatic rings. The van der Waals surface area contributed by atoms with Crippen LogP contribution >= 0.6 is 35.0 Å². The number of pyridine rings is 1. The summed E-state index contributed by atoms with van der Waals surface area (Å²) < 4.78 is 7.39. The third-order valence-electron chi connectivity index (χ3n) is 3.85. The lowest BCUT2D eigenvalue weighted by molar-refractivity contribution is -0.123. The van der Waals surface area contributed by atoms with Gasteiger partial charge >= 0.3 is 0 Å². The van der Waals surface area contributed by atoms with Crippen molar-refractivity contribution in [2.24, 2.45) is 0 Å². The fourth-order valence-corrected chi connectivity index (χ4v) is 3.37. The number of carbonyl (C=O) groups excluding carboxylic acids is 1. The number of rotatable bonds is 8. The van der Waals surface area contributed by atoms with E-state index in [1.807, 2.05) is 35.1 Å². The number of nitrogens with one attached hydrogen (secondary N) is 1. The predicted octanol–water partition coefficient (Wildman–Crippen LogP) is 4.03. The number of nitrogens with zero attached hydrogens (tertiary/aromatic N) is 3. The standard InChI is InChI=1S/C18H18Cl2N4O2S/c1-27-9-7-14(18-23-22-16-4-2-3-8-24(16)18)21-17(25)11-26-15-10-12(19)5-6-13(15)20/h2-6,8,10,14H,7,9,11H2,1H3,(H,21,25). The molecule has 1 unspecified atom stereocenters. The zero-order valence-corrected chi connectivity index (χ0v) is 16.9. The molecule has 2 aromatic heterocycles. The van der Waals surface area contributed by atoms with Gasteiger partial charge in [0.25, 0.3) is 5.91 Å². The van der Waals surface area contributed by atoms with E-state index < -0.39 is 0 Å². The first kappa shape index (κ1) is 19.8. The predicted molar refractivity (Wildman–Crippen MR) is 109 cm³/mol. The van der Waals surface area contributed by atoms with Crippen molar-refractivity contribution in [2.45, 2.75) is 12.5 Å². The van der Waals surface area contributed by atoms with E-state index in [1.165, 1.54) is 0 Å². The van der Waals surface area contributed by atoms with Crippen LogP contribution in [0.5, 0.6) is 5.75 Å². The van der Waals surface area contributed by atoms with Gasteiger partial charge in [0.05, 0.1) is 11.1 Å². The minimum atomic E-state index is -0.277. The van der Waals surface area contributed by atoms with E-state index in [9.17, 15) is 4.79 Å². The van der Waals surface area contributed by atoms with E-state index in [2.05, 4.69) is 15.5 Å². The SMILES string of the molecule is CSCCC(NC(=O)COc1cc(Cl)ccc1Cl)c1nnc2ccccn12. The van der Waals surface area contributed by atoms with Gasteiger partial charge in [-0.2, -0.15) is 11.8 Å². The number of hydrogen-bond donors (Lipinski definition) is 1. The number of ether oxygens (including phenoxy) is 1. The molecular formula is C18H18Cl2N4O2S. The molecular weight excluding hydrogens is 407 g/mol. The number of benzene rings is 1. The Labute approximate surface area is 171 Å². The van der Waals surface area contributed by atoms with Gasteiger partial charge in [-0.25, -0.2) is 0 Å². The Morgan fingerprint density at radius 2 is 2.15 bits per heavy atom. The Morgan fingerprint density at radius 1 is 1.30 bits per heavy atom. The number of thioether (sulfide) groups is 1. The average molecular weight is 425 g/mol. The van der Waals surface area contributed by atoms with E-state index in [1.54, 1.807) is 30.0 Å². The molecule has 3 aromatic rings. The van der Waals surface area contributed by atoms with Gasteiger partial charge in [0, 0.05) is 17.3 Å². The highest BCUT2D eigenvalue weighted by Crippen LogP contribution is 2.27. The molecule has 1 atom stereocenters. The molecule has 142 valence electrons. The van der Waals surface area contributed by atoms with E-state index in [0.717, 1.165) is 17.8 Å². The van der Waals surface area contributed by atoms with Gasteiger partial charge in [0.2, 0.25) is 0 Å². The topological polar surface area (TPSA) is 68.5 Å². The van der Waals surface area contributed by atoms with Crippen LogP contribution in [0.2, 0.25) is 10.0 Å². The van der Waals surface area contributed by atoms with E-state index in [4.69, 9.17) is 27.9 Å². The summed E-state index contributed by atoms with van der Waals surface area (Å²) in [5, 5.41) is 12.3. The smallest absolute Gasteiger partial charge is 0.258 e. The molecule has 0 saturated carbocycles. The monoisotopic (exact) mass is 424 g/mol. The third kappa shape index (κ3) is 5.06. The quantitative estimate of drug-likeness (QED) is 0.590. The first-order chi connectivity index (χ1) is 13.1. The molecule has 27 heavy (non-hydrogen) atoms.